The molecule has 1 atom stereocenters. The number of rotatable bonds is 7. The highest BCUT2D eigenvalue weighted by Crippen LogP contribution is 2.35. The predicted octanol–water partition coefficient (Wildman–Crippen LogP) is 6.11. The lowest BCUT2D eigenvalue weighted by Crippen LogP contribution is -2.34. The highest BCUT2D eigenvalue weighted by atomic mass is 35.5. The molecule has 1 heterocycles. The van der Waals surface area contributed by atoms with Crippen molar-refractivity contribution in [3.05, 3.63) is 99.5 Å². The molecule has 0 aromatic heterocycles. The number of hydrogen-bond donors (Lipinski definition) is 1. The third-order valence-electron chi connectivity index (χ3n) is 5.26. The van der Waals surface area contributed by atoms with Gasteiger partial charge in [0.15, 0.2) is 5.17 Å². The summed E-state index contributed by atoms with van der Waals surface area (Å²) in [6, 6.07) is 21.6. The van der Waals surface area contributed by atoms with Crippen molar-refractivity contribution in [3.63, 3.8) is 0 Å². The van der Waals surface area contributed by atoms with Gasteiger partial charge in [-0.1, -0.05) is 77.4 Å². The number of amidine groups is 1. The van der Waals surface area contributed by atoms with Crippen LogP contribution >= 0.6 is 35.0 Å². The van der Waals surface area contributed by atoms with Gasteiger partial charge in [-0.25, -0.2) is 9.79 Å². The van der Waals surface area contributed by atoms with Crippen LogP contribution in [0.4, 0.5) is 5.69 Å². The summed E-state index contributed by atoms with van der Waals surface area (Å²) < 4.78 is 0. The third kappa shape index (κ3) is 5.58. The second kappa shape index (κ2) is 10.4. The monoisotopic (exact) mass is 498 g/mol. The zero-order valence-electron chi connectivity index (χ0n) is 17.4. The second-order valence-corrected chi connectivity index (χ2v) is 9.45. The zero-order valence-corrected chi connectivity index (χ0v) is 19.8. The minimum atomic E-state index is -0.998. The summed E-state index contributed by atoms with van der Waals surface area (Å²) in [6.07, 6.45) is 1.12. The number of amides is 1. The summed E-state index contributed by atoms with van der Waals surface area (Å²) in [7, 11) is 0. The van der Waals surface area contributed by atoms with Crippen molar-refractivity contribution in [2.75, 3.05) is 6.54 Å². The van der Waals surface area contributed by atoms with Crippen molar-refractivity contribution in [1.82, 2.24) is 4.90 Å². The first-order chi connectivity index (χ1) is 15.9. The summed E-state index contributed by atoms with van der Waals surface area (Å²) in [5.41, 5.74) is 2.71. The van der Waals surface area contributed by atoms with Crippen LogP contribution in [0.5, 0.6) is 0 Å². The normalized spacial score (nSPS) is 17.0. The van der Waals surface area contributed by atoms with E-state index in [1.165, 1.54) is 23.9 Å². The van der Waals surface area contributed by atoms with E-state index in [9.17, 15) is 9.59 Å². The van der Waals surface area contributed by atoms with Gasteiger partial charge in [-0.2, -0.15) is 0 Å². The van der Waals surface area contributed by atoms with E-state index in [1.54, 1.807) is 23.1 Å². The molecule has 0 saturated carbocycles. The van der Waals surface area contributed by atoms with Crippen molar-refractivity contribution in [1.29, 1.82) is 0 Å². The lowest BCUT2D eigenvalue weighted by Gasteiger charge is -2.17. The molecule has 33 heavy (non-hydrogen) atoms. The first-order valence-corrected chi connectivity index (χ1v) is 11.9. The van der Waals surface area contributed by atoms with Crippen LogP contribution < -0.4 is 0 Å². The average molecular weight is 499 g/mol. The Bertz CT molecular complexity index is 1200. The van der Waals surface area contributed by atoms with E-state index in [1.807, 2.05) is 42.5 Å². The summed E-state index contributed by atoms with van der Waals surface area (Å²) in [6.45, 7) is 0.488. The molecule has 5 nitrogen and oxygen atoms in total. The number of carbonyl (C=O) groups is 2. The Hall–Kier alpha value is -2.80. The van der Waals surface area contributed by atoms with E-state index < -0.39 is 5.97 Å². The molecule has 3 aromatic rings. The van der Waals surface area contributed by atoms with E-state index in [0.29, 0.717) is 40.3 Å². The van der Waals surface area contributed by atoms with Gasteiger partial charge in [-0.05, 0) is 54.3 Å². The van der Waals surface area contributed by atoms with Crippen molar-refractivity contribution in [3.8, 4) is 0 Å². The molecule has 0 radical (unpaired) electrons. The standard InChI is InChI=1S/C25H20Cl2N2O3S/c26-20-8-4-7-18(22(20)27)15-21-23(30)29(14-13-16-5-2-1-3-6-16)25(33-21)28-19-11-9-17(10-12-19)24(31)32/h1-12,21H,13-15H2,(H,31,32). The molecule has 3 aromatic carbocycles. The molecule has 1 fully saturated rings. The van der Waals surface area contributed by atoms with Gasteiger partial charge >= 0.3 is 5.97 Å². The maximum Gasteiger partial charge on any atom is 0.335 e. The molecule has 1 aliphatic heterocycles. The molecule has 4 rings (SSSR count). The third-order valence-corrected chi connectivity index (χ3v) is 7.30. The van der Waals surface area contributed by atoms with E-state index in [4.69, 9.17) is 28.3 Å². The van der Waals surface area contributed by atoms with Crippen molar-refractivity contribution in [2.45, 2.75) is 18.1 Å². The SMILES string of the molecule is O=C(O)c1ccc(N=C2SC(Cc3cccc(Cl)c3Cl)C(=O)N2CCc2ccccc2)cc1. The fourth-order valence-electron chi connectivity index (χ4n) is 3.51. The van der Waals surface area contributed by atoms with Crippen LogP contribution in [0.25, 0.3) is 0 Å². The van der Waals surface area contributed by atoms with Crippen LogP contribution in [0.1, 0.15) is 21.5 Å². The van der Waals surface area contributed by atoms with Crippen LogP contribution in [0.15, 0.2) is 77.8 Å². The minimum absolute atomic E-state index is 0.0344. The van der Waals surface area contributed by atoms with Crippen LogP contribution in [0, 0.1) is 0 Å². The fourth-order valence-corrected chi connectivity index (χ4v) is 5.12. The summed E-state index contributed by atoms with van der Waals surface area (Å²) >= 11 is 13.9. The lowest BCUT2D eigenvalue weighted by molar-refractivity contribution is -0.126. The number of carboxylic acid groups (broad SMARTS) is 1. The Balaban J connectivity index is 1.60. The second-order valence-electron chi connectivity index (χ2n) is 7.50. The maximum absolute atomic E-state index is 13.3. The number of benzene rings is 3. The topological polar surface area (TPSA) is 70.0 Å². The first kappa shape index (κ1) is 23.4. The fraction of sp³-hybridized carbons (Fsp3) is 0.160. The zero-order chi connectivity index (χ0) is 23.4. The molecule has 1 unspecified atom stereocenters. The molecule has 1 N–H and O–H groups in total. The molecular weight excluding hydrogens is 479 g/mol. The minimum Gasteiger partial charge on any atom is -0.478 e. The van der Waals surface area contributed by atoms with Gasteiger partial charge in [0.05, 0.1) is 26.5 Å². The molecule has 8 heteroatoms. The highest BCUT2D eigenvalue weighted by Gasteiger charge is 2.38. The predicted molar refractivity (Wildman–Crippen MR) is 134 cm³/mol. The summed E-state index contributed by atoms with van der Waals surface area (Å²) in [5, 5.41) is 10.2. The quantitative estimate of drug-likeness (QED) is 0.426. The number of nitrogens with zero attached hydrogens (tertiary/aromatic N) is 2. The van der Waals surface area contributed by atoms with Crippen molar-refractivity contribution < 1.29 is 14.7 Å². The largest absolute Gasteiger partial charge is 0.478 e. The number of halogens is 2. The molecule has 1 aliphatic rings. The van der Waals surface area contributed by atoms with Gasteiger partial charge in [-0.3, -0.25) is 9.69 Å². The number of thioether (sulfide) groups is 1. The Morgan fingerprint density at radius 2 is 1.73 bits per heavy atom. The molecule has 0 bridgehead atoms. The van der Waals surface area contributed by atoms with Gasteiger partial charge in [0.25, 0.3) is 0 Å². The number of hydrogen-bond acceptors (Lipinski definition) is 4. The Morgan fingerprint density at radius 1 is 1.00 bits per heavy atom. The summed E-state index contributed by atoms with van der Waals surface area (Å²) in [5.74, 6) is -1.03. The molecule has 168 valence electrons. The van der Waals surface area contributed by atoms with Crippen molar-refractivity contribution >= 4 is 57.7 Å². The van der Waals surface area contributed by atoms with Gasteiger partial charge in [-0.15, -0.1) is 0 Å². The van der Waals surface area contributed by atoms with Gasteiger partial charge in [0, 0.05) is 6.54 Å². The van der Waals surface area contributed by atoms with Gasteiger partial charge in [0.2, 0.25) is 5.91 Å². The van der Waals surface area contributed by atoms with Crippen LogP contribution in [0.2, 0.25) is 10.0 Å². The molecule has 0 spiro atoms. The van der Waals surface area contributed by atoms with Gasteiger partial charge in [0.1, 0.15) is 0 Å². The van der Waals surface area contributed by atoms with Crippen LogP contribution in [-0.2, 0) is 17.6 Å². The van der Waals surface area contributed by atoms with E-state index in [2.05, 4.69) is 4.99 Å². The molecular formula is C25H20Cl2N2O3S. The van der Waals surface area contributed by atoms with Crippen LogP contribution in [-0.4, -0.2) is 38.8 Å². The molecule has 1 amide bonds. The van der Waals surface area contributed by atoms with Crippen LogP contribution in [0.3, 0.4) is 0 Å². The lowest BCUT2D eigenvalue weighted by atomic mass is 10.1. The molecule has 1 saturated heterocycles. The van der Waals surface area contributed by atoms with Crippen molar-refractivity contribution in [2.24, 2.45) is 4.99 Å². The van der Waals surface area contributed by atoms with E-state index in [0.717, 1.165) is 11.1 Å². The highest BCUT2D eigenvalue weighted by molar-refractivity contribution is 8.15. The van der Waals surface area contributed by atoms with E-state index >= 15 is 0 Å². The number of aromatic carboxylic acids is 1. The average Bonchev–Trinajstić information content (AvgIpc) is 3.10. The number of aliphatic imine (C=N–C) groups is 1. The molecule has 0 aliphatic carbocycles. The Kier molecular flexibility index (Phi) is 7.38. The first-order valence-electron chi connectivity index (χ1n) is 10.3. The number of carbonyl (C=O) groups excluding carboxylic acids is 1. The maximum atomic E-state index is 13.3. The number of carboxylic acids is 1. The van der Waals surface area contributed by atoms with E-state index in [-0.39, 0.29) is 16.7 Å². The Morgan fingerprint density at radius 3 is 2.42 bits per heavy atom. The smallest absolute Gasteiger partial charge is 0.335 e. The Labute approximate surface area is 206 Å². The summed E-state index contributed by atoms with van der Waals surface area (Å²) in [4.78, 5) is 30.8. The van der Waals surface area contributed by atoms with Gasteiger partial charge < -0.3 is 5.11 Å².